The monoisotopic (exact) mass is 386 g/mol. The van der Waals surface area contributed by atoms with Gasteiger partial charge in [0, 0.05) is 6.42 Å². The lowest BCUT2D eigenvalue weighted by molar-refractivity contribution is -0.135. The van der Waals surface area contributed by atoms with Crippen molar-refractivity contribution in [3.8, 4) is 5.75 Å². The zero-order chi connectivity index (χ0) is 19.2. The van der Waals surface area contributed by atoms with Crippen LogP contribution in [0.1, 0.15) is 45.4 Å². The Morgan fingerprint density at radius 2 is 1.44 bits per heavy atom. The molecule has 0 amide bonds. The minimum atomic E-state index is -5.04. The number of carbonyl (C=O) groups is 1. The molecule has 0 aromatic heterocycles. The Morgan fingerprint density at radius 1 is 0.920 bits per heavy atom. The van der Waals surface area contributed by atoms with E-state index >= 15 is 0 Å². The van der Waals surface area contributed by atoms with E-state index in [0.29, 0.717) is 20.0 Å². The van der Waals surface area contributed by atoms with Gasteiger partial charge in [0.05, 0.1) is 7.11 Å². The summed E-state index contributed by atoms with van der Waals surface area (Å²) in [5.74, 6) is -11.4. The van der Waals surface area contributed by atoms with Gasteiger partial charge in [0.25, 0.3) is 0 Å². The van der Waals surface area contributed by atoms with Crippen LogP contribution in [0.15, 0.2) is 4.90 Å². The molecule has 0 aliphatic carbocycles. The highest BCUT2D eigenvalue weighted by Crippen LogP contribution is 2.33. The number of hydrogen-bond donors (Lipinski definition) is 0. The SMILES string of the molecule is CCCCCCCC(=O)Oc1c(F)c(F)c(S(=O)(=O)OC)c(F)c1F. The molecule has 0 fully saturated rings. The van der Waals surface area contributed by atoms with Crippen LogP contribution in [0.2, 0.25) is 0 Å². The maximum Gasteiger partial charge on any atom is 0.311 e. The largest absolute Gasteiger partial charge is 0.420 e. The first-order chi connectivity index (χ1) is 11.7. The predicted octanol–water partition coefficient (Wildman–Crippen LogP) is 3.84. The second-order valence-corrected chi connectivity index (χ2v) is 6.82. The molecule has 142 valence electrons. The Hall–Kier alpha value is -1.68. The molecule has 5 nitrogen and oxygen atoms in total. The number of halogens is 4. The minimum Gasteiger partial charge on any atom is -0.420 e. The van der Waals surface area contributed by atoms with Gasteiger partial charge < -0.3 is 4.74 Å². The average Bonchev–Trinajstić information content (AvgIpc) is 2.56. The van der Waals surface area contributed by atoms with Gasteiger partial charge in [0.2, 0.25) is 17.4 Å². The molecule has 0 aliphatic heterocycles. The Balaban J connectivity index is 3.01. The predicted molar refractivity (Wildman–Crippen MR) is 79.5 cm³/mol. The molecule has 0 saturated heterocycles. The zero-order valence-corrected chi connectivity index (χ0v) is 14.5. The first-order valence-corrected chi connectivity index (χ1v) is 8.95. The molecule has 0 aliphatic rings. The van der Waals surface area contributed by atoms with Crippen LogP contribution < -0.4 is 4.74 Å². The Kier molecular flexibility index (Phi) is 7.81. The lowest BCUT2D eigenvalue weighted by Gasteiger charge is -2.11. The van der Waals surface area contributed by atoms with Crippen LogP contribution in [0.25, 0.3) is 0 Å². The summed E-state index contributed by atoms with van der Waals surface area (Å²) in [7, 11) is -4.48. The van der Waals surface area contributed by atoms with Gasteiger partial charge >= 0.3 is 16.1 Å². The van der Waals surface area contributed by atoms with Gasteiger partial charge in [-0.15, -0.1) is 0 Å². The van der Waals surface area contributed by atoms with Crippen LogP contribution in [0.3, 0.4) is 0 Å². The quantitative estimate of drug-likeness (QED) is 0.161. The maximum absolute atomic E-state index is 13.8. The van der Waals surface area contributed by atoms with Crippen molar-refractivity contribution in [1.29, 1.82) is 0 Å². The third-order valence-corrected chi connectivity index (χ3v) is 4.65. The number of unbranched alkanes of at least 4 members (excludes halogenated alkanes) is 4. The number of esters is 1. The van der Waals surface area contributed by atoms with Gasteiger partial charge in [-0.05, 0) is 6.42 Å². The summed E-state index contributed by atoms with van der Waals surface area (Å²) in [6, 6.07) is 0. The molecule has 0 heterocycles. The number of carbonyl (C=O) groups excluding carboxylic acids is 1. The van der Waals surface area contributed by atoms with Crippen molar-refractivity contribution < 1.29 is 39.7 Å². The number of benzene rings is 1. The average molecular weight is 386 g/mol. The second-order valence-electron chi connectivity index (χ2n) is 5.17. The summed E-state index contributed by atoms with van der Waals surface area (Å²) in [6.07, 6.45) is 3.66. The van der Waals surface area contributed by atoms with Crippen LogP contribution in [0.5, 0.6) is 5.75 Å². The highest BCUT2D eigenvalue weighted by molar-refractivity contribution is 7.86. The fourth-order valence-corrected chi connectivity index (χ4v) is 2.81. The van der Waals surface area contributed by atoms with E-state index in [-0.39, 0.29) is 6.42 Å². The van der Waals surface area contributed by atoms with Crippen molar-refractivity contribution in [2.24, 2.45) is 0 Å². The molecule has 10 heteroatoms. The highest BCUT2D eigenvalue weighted by atomic mass is 32.2. The van der Waals surface area contributed by atoms with E-state index in [1.54, 1.807) is 0 Å². The van der Waals surface area contributed by atoms with Crippen LogP contribution in [0, 0.1) is 23.3 Å². The van der Waals surface area contributed by atoms with E-state index in [1.807, 2.05) is 6.92 Å². The standard InChI is InChI=1S/C15H18F4O5S/c1-3-4-5-6-7-8-9(20)24-14-10(16)12(18)15(13(19)11(14)17)25(21,22)23-2/h3-8H2,1-2H3. The molecule has 0 N–H and O–H groups in total. The molecule has 0 radical (unpaired) electrons. The Bertz CT molecular complexity index is 705. The zero-order valence-electron chi connectivity index (χ0n) is 13.7. The molecule has 0 saturated carbocycles. The van der Waals surface area contributed by atoms with Crippen LogP contribution in [-0.2, 0) is 19.1 Å². The molecule has 1 rings (SSSR count). The van der Waals surface area contributed by atoms with Gasteiger partial charge in [-0.2, -0.15) is 17.2 Å². The third kappa shape index (κ3) is 5.15. The summed E-state index contributed by atoms with van der Waals surface area (Å²) in [6.45, 7) is 2.00. The number of rotatable bonds is 9. The topological polar surface area (TPSA) is 69.7 Å². The fraction of sp³-hybridized carbons (Fsp3) is 0.533. The van der Waals surface area contributed by atoms with Crippen molar-refractivity contribution >= 4 is 16.1 Å². The van der Waals surface area contributed by atoms with Gasteiger partial charge in [0.15, 0.2) is 16.5 Å². The normalized spacial score (nSPS) is 11.6. The van der Waals surface area contributed by atoms with E-state index in [2.05, 4.69) is 8.92 Å². The first kappa shape index (κ1) is 21.4. The molecule has 0 spiro atoms. The van der Waals surface area contributed by atoms with Gasteiger partial charge in [-0.25, -0.2) is 8.78 Å². The lowest BCUT2D eigenvalue weighted by atomic mass is 10.1. The lowest BCUT2D eigenvalue weighted by Crippen LogP contribution is -2.16. The van der Waals surface area contributed by atoms with Crippen LogP contribution >= 0.6 is 0 Å². The minimum absolute atomic E-state index is 0.204. The molecule has 0 atom stereocenters. The molecular weight excluding hydrogens is 368 g/mol. The third-order valence-electron chi connectivity index (χ3n) is 3.35. The maximum atomic E-state index is 13.8. The number of hydrogen-bond acceptors (Lipinski definition) is 5. The summed E-state index contributed by atoms with van der Waals surface area (Å²) < 4.78 is 86.2. The summed E-state index contributed by atoms with van der Waals surface area (Å²) in [5.41, 5.74) is 0. The molecular formula is C15H18F4O5S. The van der Waals surface area contributed by atoms with Crippen molar-refractivity contribution in [2.75, 3.05) is 7.11 Å². The van der Waals surface area contributed by atoms with E-state index in [0.717, 1.165) is 19.3 Å². The van der Waals surface area contributed by atoms with E-state index < -0.39 is 50.0 Å². The highest BCUT2D eigenvalue weighted by Gasteiger charge is 2.34. The van der Waals surface area contributed by atoms with Crippen molar-refractivity contribution in [2.45, 2.75) is 50.3 Å². The fourth-order valence-electron chi connectivity index (χ4n) is 2.02. The molecule has 0 bridgehead atoms. The van der Waals surface area contributed by atoms with Crippen molar-refractivity contribution in [3.05, 3.63) is 23.3 Å². The van der Waals surface area contributed by atoms with E-state index in [1.165, 1.54) is 0 Å². The summed E-state index contributed by atoms with van der Waals surface area (Å²) >= 11 is 0. The Morgan fingerprint density at radius 3 is 1.92 bits per heavy atom. The molecule has 0 unspecified atom stereocenters. The first-order valence-electron chi connectivity index (χ1n) is 7.54. The molecule has 25 heavy (non-hydrogen) atoms. The van der Waals surface area contributed by atoms with Crippen LogP contribution in [0.4, 0.5) is 17.6 Å². The second kappa shape index (κ2) is 9.14. The van der Waals surface area contributed by atoms with Gasteiger partial charge in [-0.3, -0.25) is 8.98 Å². The number of ether oxygens (including phenoxy) is 1. The molecule has 1 aromatic carbocycles. The van der Waals surface area contributed by atoms with E-state index in [4.69, 9.17) is 0 Å². The van der Waals surface area contributed by atoms with Gasteiger partial charge in [-0.1, -0.05) is 32.6 Å². The summed E-state index contributed by atoms with van der Waals surface area (Å²) in [4.78, 5) is 9.64. The van der Waals surface area contributed by atoms with Gasteiger partial charge in [0.1, 0.15) is 0 Å². The molecule has 1 aromatic rings. The smallest absolute Gasteiger partial charge is 0.311 e. The van der Waals surface area contributed by atoms with Crippen LogP contribution in [-0.4, -0.2) is 21.5 Å². The summed E-state index contributed by atoms with van der Waals surface area (Å²) in [5, 5.41) is 0. The Labute approximate surface area is 143 Å². The van der Waals surface area contributed by atoms with Crippen molar-refractivity contribution in [3.63, 3.8) is 0 Å². The van der Waals surface area contributed by atoms with Crippen molar-refractivity contribution in [1.82, 2.24) is 0 Å². The van der Waals surface area contributed by atoms with E-state index in [9.17, 15) is 30.8 Å².